The summed E-state index contributed by atoms with van der Waals surface area (Å²) in [5.74, 6) is -0.231. The van der Waals surface area contributed by atoms with E-state index in [2.05, 4.69) is 26.6 Å². The zero-order valence-corrected chi connectivity index (χ0v) is 16.2. The fraction of sp³-hybridized carbons (Fsp3) is 0.263. The molecule has 0 aromatic heterocycles. The van der Waals surface area contributed by atoms with Crippen molar-refractivity contribution in [1.82, 2.24) is 0 Å². The number of nitrogens with one attached hydrogen (secondary N) is 3. The Morgan fingerprint density at radius 3 is 2.00 bits per heavy atom. The maximum Gasteiger partial charge on any atom is 0.279 e. The summed E-state index contributed by atoms with van der Waals surface area (Å²) in [7, 11) is 1.82. The molecule has 2 amide bonds. The molecule has 5 nitrogen and oxygen atoms in total. The first-order valence-corrected chi connectivity index (χ1v) is 8.87. The molecule has 0 bridgehead atoms. The highest BCUT2D eigenvalue weighted by Crippen LogP contribution is 2.18. The van der Waals surface area contributed by atoms with E-state index in [0.717, 1.165) is 31.9 Å². The van der Waals surface area contributed by atoms with E-state index in [0.29, 0.717) is 0 Å². The second-order valence-electron chi connectivity index (χ2n) is 6.18. The number of rotatable bonds is 6. The third-order valence-corrected chi connectivity index (χ3v) is 4.33. The largest absolute Gasteiger partial charge is 0.322 e. The molecule has 25 heavy (non-hydrogen) atoms. The molecule has 2 rings (SSSR count). The molecule has 0 fully saturated rings. The lowest BCUT2D eigenvalue weighted by Gasteiger charge is -2.15. The predicted molar refractivity (Wildman–Crippen MR) is 104 cm³/mol. The number of hydrogen-bond donors (Lipinski definition) is 3. The topological polar surface area (TPSA) is 62.6 Å². The summed E-state index contributed by atoms with van der Waals surface area (Å²) in [5, 5.41) is 5.77. The SMILES string of the molecule is Cc1cccc(C)c1NC(=O)C[NH+](C)CC(=O)Nc1ccc(Br)cc1. The summed E-state index contributed by atoms with van der Waals surface area (Å²) in [6.07, 6.45) is 0. The number of likely N-dealkylation sites (N-methyl/N-ethyl adjacent to an activating group) is 1. The molecule has 132 valence electrons. The highest BCUT2D eigenvalue weighted by molar-refractivity contribution is 9.10. The minimum Gasteiger partial charge on any atom is -0.322 e. The van der Waals surface area contributed by atoms with Crippen LogP contribution in [0.25, 0.3) is 0 Å². The fourth-order valence-corrected chi connectivity index (χ4v) is 2.81. The second-order valence-corrected chi connectivity index (χ2v) is 7.10. The van der Waals surface area contributed by atoms with Crippen LogP contribution in [0.1, 0.15) is 11.1 Å². The molecule has 0 saturated heterocycles. The van der Waals surface area contributed by atoms with Gasteiger partial charge in [0.15, 0.2) is 13.1 Å². The van der Waals surface area contributed by atoms with Gasteiger partial charge in [-0.25, -0.2) is 0 Å². The van der Waals surface area contributed by atoms with E-state index in [1.165, 1.54) is 0 Å². The number of halogens is 1. The van der Waals surface area contributed by atoms with Crippen molar-refractivity contribution in [2.75, 3.05) is 30.8 Å². The molecular weight excluding hydrogens is 382 g/mol. The molecule has 3 N–H and O–H groups in total. The van der Waals surface area contributed by atoms with Crippen molar-refractivity contribution in [3.63, 3.8) is 0 Å². The molecule has 0 aliphatic carbocycles. The summed E-state index contributed by atoms with van der Waals surface area (Å²) in [6, 6.07) is 13.3. The number of quaternary nitrogens is 1. The number of benzene rings is 2. The summed E-state index contributed by atoms with van der Waals surface area (Å²) < 4.78 is 0.955. The first-order valence-electron chi connectivity index (χ1n) is 8.08. The Balaban J connectivity index is 1.84. The first-order chi connectivity index (χ1) is 11.8. The lowest BCUT2D eigenvalue weighted by Crippen LogP contribution is -3.11. The van der Waals surface area contributed by atoms with Gasteiger partial charge in [-0.2, -0.15) is 0 Å². The Morgan fingerprint density at radius 1 is 0.920 bits per heavy atom. The van der Waals surface area contributed by atoms with E-state index in [-0.39, 0.29) is 24.9 Å². The summed E-state index contributed by atoms with van der Waals surface area (Å²) >= 11 is 3.36. The Morgan fingerprint density at radius 2 is 1.44 bits per heavy atom. The molecule has 0 aliphatic heterocycles. The standard InChI is InChI=1S/C19H22BrN3O2/c1-13-5-4-6-14(2)19(13)22-18(25)12-23(3)11-17(24)21-16-9-7-15(20)8-10-16/h4-10H,11-12H2,1-3H3,(H,21,24)(H,22,25)/p+1. The van der Waals surface area contributed by atoms with Crippen molar-refractivity contribution < 1.29 is 14.5 Å². The Labute approximate surface area is 156 Å². The van der Waals surface area contributed by atoms with Gasteiger partial charge in [0, 0.05) is 15.8 Å². The number of carbonyl (C=O) groups excluding carboxylic acids is 2. The van der Waals surface area contributed by atoms with Crippen LogP contribution >= 0.6 is 15.9 Å². The normalized spacial score (nSPS) is 11.7. The third-order valence-electron chi connectivity index (χ3n) is 3.80. The van der Waals surface area contributed by atoms with Crippen molar-refractivity contribution in [3.8, 4) is 0 Å². The molecule has 0 aliphatic rings. The lowest BCUT2D eigenvalue weighted by molar-refractivity contribution is -0.862. The molecule has 6 heteroatoms. The van der Waals surface area contributed by atoms with Crippen LogP contribution in [0.4, 0.5) is 11.4 Å². The van der Waals surface area contributed by atoms with E-state index in [4.69, 9.17) is 0 Å². The number of hydrogen-bond acceptors (Lipinski definition) is 2. The van der Waals surface area contributed by atoms with Crippen LogP contribution in [0.2, 0.25) is 0 Å². The summed E-state index contributed by atoms with van der Waals surface area (Å²) in [6.45, 7) is 4.37. The number of amides is 2. The van der Waals surface area contributed by atoms with Gasteiger partial charge in [-0.1, -0.05) is 34.1 Å². The van der Waals surface area contributed by atoms with E-state index < -0.39 is 0 Å². The van der Waals surface area contributed by atoms with Crippen molar-refractivity contribution in [2.24, 2.45) is 0 Å². The highest BCUT2D eigenvalue weighted by atomic mass is 79.9. The molecule has 2 aromatic rings. The highest BCUT2D eigenvalue weighted by Gasteiger charge is 2.15. The summed E-state index contributed by atoms with van der Waals surface area (Å²) in [4.78, 5) is 25.1. The fourth-order valence-electron chi connectivity index (χ4n) is 2.54. The number of anilines is 2. The van der Waals surface area contributed by atoms with Crippen molar-refractivity contribution in [1.29, 1.82) is 0 Å². The summed E-state index contributed by atoms with van der Waals surface area (Å²) in [5.41, 5.74) is 3.64. The zero-order chi connectivity index (χ0) is 18.4. The van der Waals surface area contributed by atoms with Gasteiger partial charge in [0.25, 0.3) is 11.8 Å². The van der Waals surface area contributed by atoms with Crippen LogP contribution in [-0.4, -0.2) is 32.0 Å². The molecule has 0 spiro atoms. The minimum atomic E-state index is -0.125. The predicted octanol–water partition coefficient (Wildman–Crippen LogP) is 2.16. The third kappa shape index (κ3) is 5.99. The van der Waals surface area contributed by atoms with Gasteiger partial charge in [0.2, 0.25) is 0 Å². The molecule has 1 atom stereocenters. The number of para-hydroxylation sites is 1. The Kier molecular flexibility index (Phi) is 6.73. The van der Waals surface area contributed by atoms with Gasteiger partial charge in [-0.15, -0.1) is 0 Å². The van der Waals surface area contributed by atoms with Gasteiger partial charge in [0.05, 0.1) is 7.05 Å². The van der Waals surface area contributed by atoms with Crippen molar-refractivity contribution >= 4 is 39.1 Å². The lowest BCUT2D eigenvalue weighted by atomic mass is 10.1. The van der Waals surface area contributed by atoms with E-state index >= 15 is 0 Å². The van der Waals surface area contributed by atoms with Crippen LogP contribution in [0, 0.1) is 13.8 Å². The average Bonchev–Trinajstić information content (AvgIpc) is 2.53. The van der Waals surface area contributed by atoms with E-state index in [1.807, 2.05) is 63.4 Å². The van der Waals surface area contributed by atoms with E-state index in [9.17, 15) is 9.59 Å². The smallest absolute Gasteiger partial charge is 0.279 e. The molecule has 1 unspecified atom stereocenters. The first kappa shape index (κ1) is 19.1. The Bertz CT molecular complexity index is 740. The zero-order valence-electron chi connectivity index (χ0n) is 14.7. The van der Waals surface area contributed by atoms with Gasteiger partial charge in [-0.05, 0) is 49.2 Å². The van der Waals surface area contributed by atoms with Crippen LogP contribution in [0.3, 0.4) is 0 Å². The molecule has 2 aromatic carbocycles. The van der Waals surface area contributed by atoms with Gasteiger partial charge in [0.1, 0.15) is 0 Å². The molecule has 0 heterocycles. The van der Waals surface area contributed by atoms with Crippen molar-refractivity contribution in [2.45, 2.75) is 13.8 Å². The second kappa shape index (κ2) is 8.78. The van der Waals surface area contributed by atoms with Crippen LogP contribution in [0.5, 0.6) is 0 Å². The van der Waals surface area contributed by atoms with Crippen LogP contribution in [0.15, 0.2) is 46.9 Å². The number of carbonyl (C=O) groups is 2. The maximum atomic E-state index is 12.2. The van der Waals surface area contributed by atoms with Gasteiger partial charge in [-0.3, -0.25) is 9.59 Å². The van der Waals surface area contributed by atoms with Gasteiger partial charge < -0.3 is 15.5 Å². The van der Waals surface area contributed by atoms with Crippen LogP contribution < -0.4 is 15.5 Å². The quantitative estimate of drug-likeness (QED) is 0.690. The van der Waals surface area contributed by atoms with Gasteiger partial charge >= 0.3 is 0 Å². The Hall–Kier alpha value is -2.18. The minimum absolute atomic E-state index is 0.105. The maximum absolute atomic E-state index is 12.2. The monoisotopic (exact) mass is 404 g/mol. The molecule has 0 radical (unpaired) electrons. The number of aryl methyl sites for hydroxylation is 2. The average molecular weight is 405 g/mol. The molecule has 0 saturated carbocycles. The van der Waals surface area contributed by atoms with E-state index in [1.54, 1.807) is 0 Å². The molecular formula is C19H23BrN3O2+. The van der Waals surface area contributed by atoms with Crippen molar-refractivity contribution in [3.05, 3.63) is 58.1 Å². The van der Waals surface area contributed by atoms with Crippen LogP contribution in [-0.2, 0) is 9.59 Å².